The lowest BCUT2D eigenvalue weighted by molar-refractivity contribution is -0.124. The van der Waals surface area contributed by atoms with Crippen molar-refractivity contribution >= 4 is 28.5 Å². The Morgan fingerprint density at radius 3 is 2.50 bits per heavy atom. The molecule has 0 aliphatic carbocycles. The molecule has 0 spiro atoms. The number of imidazole rings is 1. The molecule has 0 atom stereocenters. The first kappa shape index (κ1) is 19.6. The molecule has 1 aromatic heterocycles. The minimum atomic E-state index is -0.112. The number of benzene rings is 2. The first-order chi connectivity index (χ1) is 13.4. The van der Waals surface area contributed by atoms with Crippen molar-refractivity contribution < 1.29 is 9.59 Å². The number of carbonyl (C=O) groups is 2. The summed E-state index contributed by atoms with van der Waals surface area (Å²) in [7, 11) is 0. The Hall–Kier alpha value is -3.15. The molecule has 28 heavy (non-hydrogen) atoms. The number of aromatic nitrogens is 2. The predicted molar refractivity (Wildman–Crippen MR) is 111 cm³/mol. The molecule has 1 heterocycles. The summed E-state index contributed by atoms with van der Waals surface area (Å²) in [5, 5.41) is 5.84. The van der Waals surface area contributed by atoms with E-state index >= 15 is 0 Å². The average molecular weight is 378 g/mol. The van der Waals surface area contributed by atoms with Gasteiger partial charge in [0, 0.05) is 24.6 Å². The van der Waals surface area contributed by atoms with Gasteiger partial charge in [-0.15, -0.1) is 0 Å². The Balaban J connectivity index is 1.75. The maximum absolute atomic E-state index is 12.6. The first-order valence-electron chi connectivity index (χ1n) is 9.52. The molecule has 0 bridgehead atoms. The largest absolute Gasteiger partial charge is 0.355 e. The maximum atomic E-state index is 12.6. The van der Waals surface area contributed by atoms with Crippen LogP contribution in [-0.4, -0.2) is 27.9 Å². The van der Waals surface area contributed by atoms with E-state index in [0.29, 0.717) is 13.0 Å². The molecule has 2 N–H and O–H groups in total. The monoisotopic (exact) mass is 378 g/mol. The van der Waals surface area contributed by atoms with Gasteiger partial charge in [0.1, 0.15) is 12.4 Å². The van der Waals surface area contributed by atoms with Crippen LogP contribution in [-0.2, 0) is 22.6 Å². The van der Waals surface area contributed by atoms with Gasteiger partial charge < -0.3 is 15.2 Å². The highest BCUT2D eigenvalue weighted by atomic mass is 16.2. The number of carbonyl (C=O) groups excluding carboxylic acids is 2. The van der Waals surface area contributed by atoms with Crippen molar-refractivity contribution in [2.75, 3.05) is 11.9 Å². The fraction of sp³-hybridized carbons (Fsp3) is 0.318. The number of nitrogens with one attached hydrogen (secondary N) is 2. The fourth-order valence-electron chi connectivity index (χ4n) is 2.98. The van der Waals surface area contributed by atoms with Gasteiger partial charge in [-0.1, -0.05) is 43.7 Å². The second-order valence-electron chi connectivity index (χ2n) is 7.21. The molecule has 6 heteroatoms. The first-order valence-corrected chi connectivity index (χ1v) is 9.52. The minimum absolute atomic E-state index is 0.0137. The van der Waals surface area contributed by atoms with Crippen molar-refractivity contribution in [2.24, 2.45) is 5.92 Å². The summed E-state index contributed by atoms with van der Waals surface area (Å²) < 4.78 is 1.92. The normalized spacial score (nSPS) is 11.0. The van der Waals surface area contributed by atoms with Crippen molar-refractivity contribution in [1.29, 1.82) is 0 Å². The van der Waals surface area contributed by atoms with Gasteiger partial charge >= 0.3 is 0 Å². The summed E-state index contributed by atoms with van der Waals surface area (Å²) in [4.78, 5) is 29.1. The van der Waals surface area contributed by atoms with E-state index in [4.69, 9.17) is 0 Å². The summed E-state index contributed by atoms with van der Waals surface area (Å²) >= 11 is 0. The molecular weight excluding hydrogens is 352 g/mol. The summed E-state index contributed by atoms with van der Waals surface area (Å²) in [5.41, 5.74) is 3.66. The second-order valence-corrected chi connectivity index (χ2v) is 7.21. The highest BCUT2D eigenvalue weighted by molar-refractivity contribution is 5.91. The Bertz CT molecular complexity index is 974. The van der Waals surface area contributed by atoms with Gasteiger partial charge in [-0.25, -0.2) is 4.98 Å². The molecule has 0 unspecified atom stereocenters. The summed E-state index contributed by atoms with van der Waals surface area (Å²) in [5.74, 6) is 0.627. The van der Waals surface area contributed by atoms with E-state index in [-0.39, 0.29) is 24.3 Å². The van der Waals surface area contributed by atoms with Crippen LogP contribution in [0.25, 0.3) is 11.0 Å². The Labute approximate surface area is 165 Å². The van der Waals surface area contributed by atoms with Gasteiger partial charge in [0.2, 0.25) is 11.8 Å². The molecule has 0 aliphatic rings. The Kier molecular flexibility index (Phi) is 6.09. The van der Waals surface area contributed by atoms with E-state index < -0.39 is 0 Å². The van der Waals surface area contributed by atoms with E-state index in [0.717, 1.165) is 28.1 Å². The van der Waals surface area contributed by atoms with Crippen LogP contribution in [0.5, 0.6) is 0 Å². The molecular formula is C22H26N4O2. The number of hydrogen-bond donors (Lipinski definition) is 2. The highest BCUT2D eigenvalue weighted by Crippen LogP contribution is 2.17. The molecule has 0 radical (unpaired) electrons. The SMILES string of the molecule is Cc1ccc(NC(=O)Cn2c(CCNC(=O)C(C)C)nc3ccccc32)cc1. The summed E-state index contributed by atoms with van der Waals surface area (Å²) in [6.45, 7) is 6.38. The minimum Gasteiger partial charge on any atom is -0.355 e. The molecule has 146 valence electrons. The molecule has 2 aromatic carbocycles. The van der Waals surface area contributed by atoms with Crippen molar-refractivity contribution in [1.82, 2.24) is 14.9 Å². The number of hydrogen-bond acceptors (Lipinski definition) is 3. The van der Waals surface area contributed by atoms with Gasteiger partial charge in [0.15, 0.2) is 0 Å². The topological polar surface area (TPSA) is 76.0 Å². The third-order valence-corrected chi connectivity index (χ3v) is 4.54. The summed E-state index contributed by atoms with van der Waals surface area (Å²) in [6, 6.07) is 15.5. The predicted octanol–water partition coefficient (Wildman–Crippen LogP) is 3.30. The molecule has 6 nitrogen and oxygen atoms in total. The molecule has 0 fully saturated rings. The van der Waals surface area contributed by atoms with E-state index in [1.165, 1.54) is 0 Å². The van der Waals surface area contributed by atoms with Crippen molar-refractivity contribution in [3.63, 3.8) is 0 Å². The smallest absolute Gasteiger partial charge is 0.244 e. The molecule has 0 saturated heterocycles. The van der Waals surface area contributed by atoms with E-state index in [1.54, 1.807) is 0 Å². The number of amides is 2. The van der Waals surface area contributed by atoms with E-state index in [2.05, 4.69) is 15.6 Å². The zero-order valence-electron chi connectivity index (χ0n) is 16.5. The number of aryl methyl sites for hydroxylation is 1. The summed E-state index contributed by atoms with van der Waals surface area (Å²) in [6.07, 6.45) is 0.560. The standard InChI is InChI=1S/C22H26N4O2/c1-15(2)22(28)23-13-12-20-25-18-6-4-5-7-19(18)26(20)14-21(27)24-17-10-8-16(3)9-11-17/h4-11,15H,12-14H2,1-3H3,(H,23,28)(H,24,27). The highest BCUT2D eigenvalue weighted by Gasteiger charge is 2.14. The van der Waals surface area contributed by atoms with Crippen LogP contribution in [0.15, 0.2) is 48.5 Å². The van der Waals surface area contributed by atoms with Crippen molar-refractivity contribution in [3.05, 3.63) is 59.9 Å². The zero-order chi connectivity index (χ0) is 20.1. The number of nitrogens with zero attached hydrogens (tertiary/aromatic N) is 2. The van der Waals surface area contributed by atoms with Gasteiger partial charge in [0.05, 0.1) is 11.0 Å². The van der Waals surface area contributed by atoms with Gasteiger partial charge in [-0.3, -0.25) is 9.59 Å². The average Bonchev–Trinajstić information content (AvgIpc) is 3.01. The number of fused-ring (bicyclic) bond motifs is 1. The van der Waals surface area contributed by atoms with Crippen LogP contribution in [0.2, 0.25) is 0 Å². The van der Waals surface area contributed by atoms with Gasteiger partial charge in [-0.05, 0) is 31.2 Å². The third-order valence-electron chi connectivity index (χ3n) is 4.54. The zero-order valence-corrected chi connectivity index (χ0v) is 16.5. The lowest BCUT2D eigenvalue weighted by Crippen LogP contribution is -2.30. The quantitative estimate of drug-likeness (QED) is 0.662. The molecule has 3 aromatic rings. The number of para-hydroxylation sites is 2. The van der Waals surface area contributed by atoms with Crippen LogP contribution < -0.4 is 10.6 Å². The molecule has 2 amide bonds. The number of anilines is 1. The van der Waals surface area contributed by atoms with E-state index in [1.807, 2.05) is 73.9 Å². The Morgan fingerprint density at radius 1 is 1.07 bits per heavy atom. The van der Waals surface area contributed by atoms with Crippen LogP contribution in [0.4, 0.5) is 5.69 Å². The van der Waals surface area contributed by atoms with Crippen LogP contribution >= 0.6 is 0 Å². The van der Waals surface area contributed by atoms with E-state index in [9.17, 15) is 9.59 Å². The van der Waals surface area contributed by atoms with Crippen LogP contribution in [0.3, 0.4) is 0 Å². The van der Waals surface area contributed by atoms with Gasteiger partial charge in [-0.2, -0.15) is 0 Å². The van der Waals surface area contributed by atoms with Crippen LogP contribution in [0.1, 0.15) is 25.2 Å². The van der Waals surface area contributed by atoms with Crippen molar-refractivity contribution in [3.8, 4) is 0 Å². The maximum Gasteiger partial charge on any atom is 0.244 e. The fourth-order valence-corrected chi connectivity index (χ4v) is 2.98. The van der Waals surface area contributed by atoms with Crippen molar-refractivity contribution in [2.45, 2.75) is 33.7 Å². The Morgan fingerprint density at radius 2 is 1.79 bits per heavy atom. The third kappa shape index (κ3) is 4.76. The lowest BCUT2D eigenvalue weighted by Gasteiger charge is -2.11. The van der Waals surface area contributed by atoms with Crippen LogP contribution in [0, 0.1) is 12.8 Å². The van der Waals surface area contributed by atoms with Gasteiger partial charge in [0.25, 0.3) is 0 Å². The lowest BCUT2D eigenvalue weighted by atomic mass is 10.2. The molecule has 3 rings (SSSR count). The number of rotatable bonds is 7. The molecule has 0 aliphatic heterocycles. The molecule has 0 saturated carbocycles. The second kappa shape index (κ2) is 8.69.